The van der Waals surface area contributed by atoms with Crippen LogP contribution in [0.15, 0.2) is 6.20 Å². The van der Waals surface area contributed by atoms with Crippen LogP contribution in [-0.4, -0.2) is 221 Å². The largest absolute Gasteiger partial charge is 0.480 e. The number of primary amides is 1. The smallest absolute Gasteiger partial charge is 0.440 e. The van der Waals surface area contributed by atoms with Crippen LogP contribution in [-0.2, 0) is 93.2 Å². The van der Waals surface area contributed by atoms with Crippen molar-refractivity contribution < 1.29 is 121 Å². The van der Waals surface area contributed by atoms with Crippen LogP contribution in [0.4, 0.5) is 0 Å². The van der Waals surface area contributed by atoms with E-state index in [1.54, 1.807) is 6.20 Å². The molecule has 16 N–H and O–H groups in total. The molecule has 0 radical (unpaired) electrons. The molecule has 454 valence electrons. The number of rotatable bonds is 33. The van der Waals surface area contributed by atoms with Crippen molar-refractivity contribution in [2.75, 3.05) is 20.3 Å². The minimum absolute atomic E-state index is 0.0234. The molecule has 3 heterocycles. The van der Waals surface area contributed by atoms with Gasteiger partial charge < -0.3 is 102 Å². The number of carbonyl (C=O) groups excluding carboxylic acids is 7. The molecular formula is C43H72N10O25P2. The van der Waals surface area contributed by atoms with Crippen molar-refractivity contribution in [1.29, 1.82) is 0 Å². The highest BCUT2D eigenvalue weighted by Crippen LogP contribution is 2.78. The Morgan fingerprint density at radius 1 is 0.725 bits per heavy atom. The Hall–Kier alpha value is -5.65. The molecule has 0 aromatic carbocycles. The summed E-state index contributed by atoms with van der Waals surface area (Å²) in [5.74, 6) is -8.91. The number of carboxylic acids is 2. The maximum absolute atomic E-state index is 13.8. The van der Waals surface area contributed by atoms with Gasteiger partial charge in [0.2, 0.25) is 41.4 Å². The van der Waals surface area contributed by atoms with Crippen LogP contribution >= 0.6 is 14.6 Å². The Morgan fingerprint density at radius 3 is 1.88 bits per heavy atom. The number of aliphatic carboxylic acids is 2. The average Bonchev–Trinajstić information content (AvgIpc) is 3.86. The van der Waals surface area contributed by atoms with Crippen molar-refractivity contribution in [2.24, 2.45) is 5.73 Å². The zero-order chi connectivity index (χ0) is 60.4. The van der Waals surface area contributed by atoms with Gasteiger partial charge in [-0.05, 0) is 58.8 Å². The number of aliphatic hydroxyl groups excluding tert-OH is 4. The van der Waals surface area contributed by atoms with Gasteiger partial charge in [-0.25, -0.2) is 18.7 Å². The van der Waals surface area contributed by atoms with Gasteiger partial charge >= 0.3 is 26.5 Å². The van der Waals surface area contributed by atoms with E-state index in [-0.39, 0.29) is 12.8 Å². The van der Waals surface area contributed by atoms with Crippen LogP contribution in [0.5, 0.6) is 0 Å². The third kappa shape index (κ3) is 20.4. The number of carboxylic acid groups (broad SMARTS) is 2. The second-order valence-corrected chi connectivity index (χ2v) is 24.2. The van der Waals surface area contributed by atoms with E-state index in [1.807, 2.05) is 0 Å². The number of amides is 7. The molecule has 4 unspecified atom stereocenters. The average molecular weight is 1190 g/mol. The SMILES string of the molecule is COP(=O)(O)P(=O)(O)O[C@H]1O[C@H](CO)C(O[C@@H]2O[C@H](CO)[C@@H](O)[C@H](O)[C@H]2NC(C)=O)[C@H](O[C@H](C)C(=O)N[C@@H](C)C(=O)N[C@H](CCC(=O)N[C@H](CCCCn2cc(CCCC(NC(C)=O)C(=O)O)nn2)C(=O)O)C(N)=O)[C@H]1NC(C)=O. The van der Waals surface area contributed by atoms with Crippen LogP contribution < -0.4 is 37.6 Å². The molecule has 17 atom stereocenters. The highest BCUT2D eigenvalue weighted by atomic mass is 32.1. The highest BCUT2D eigenvalue weighted by molar-refractivity contribution is 8.26. The third-order valence-corrected chi connectivity index (χ3v) is 16.6. The van der Waals surface area contributed by atoms with E-state index in [0.717, 1.165) is 27.7 Å². The zero-order valence-electron chi connectivity index (χ0n) is 44.3. The molecule has 3 rings (SSSR count). The van der Waals surface area contributed by atoms with Crippen molar-refractivity contribution >= 4 is 67.9 Å². The molecule has 0 aliphatic carbocycles. The number of nitrogens with one attached hydrogen (secondary N) is 6. The fraction of sp³-hybridized carbons (Fsp3) is 0.744. The summed E-state index contributed by atoms with van der Waals surface area (Å²) in [5, 5.41) is 83.0. The summed E-state index contributed by atoms with van der Waals surface area (Å²) in [7, 11) is -10.7. The van der Waals surface area contributed by atoms with Gasteiger partial charge in [-0.3, -0.25) is 42.8 Å². The van der Waals surface area contributed by atoms with E-state index in [4.69, 9.17) is 29.2 Å². The molecule has 0 spiro atoms. The highest BCUT2D eigenvalue weighted by Gasteiger charge is 2.57. The molecule has 2 aliphatic rings. The maximum Gasteiger partial charge on any atom is 0.440 e. The maximum atomic E-state index is 13.8. The normalized spacial score (nSPS) is 26.3. The number of nitrogens with two attached hydrogens (primary N) is 1. The van der Waals surface area contributed by atoms with E-state index in [2.05, 4.69) is 46.7 Å². The van der Waals surface area contributed by atoms with Gasteiger partial charge in [0.25, 0.3) is 0 Å². The number of aromatic nitrogens is 3. The summed E-state index contributed by atoms with van der Waals surface area (Å²) >= 11 is 0. The second-order valence-electron chi connectivity index (χ2n) is 18.6. The molecule has 1 aromatic rings. The Bertz CT molecular complexity index is 2420. The molecular weight excluding hydrogens is 1120 g/mol. The molecule has 1 aromatic heterocycles. The lowest BCUT2D eigenvalue weighted by Gasteiger charge is -2.49. The Labute approximate surface area is 456 Å². The van der Waals surface area contributed by atoms with Gasteiger partial charge in [0, 0.05) is 47.0 Å². The Morgan fingerprint density at radius 2 is 1.31 bits per heavy atom. The van der Waals surface area contributed by atoms with E-state index in [0.29, 0.717) is 45.0 Å². The number of ether oxygens (including phenoxy) is 4. The fourth-order valence-electron chi connectivity index (χ4n) is 8.14. The van der Waals surface area contributed by atoms with E-state index < -0.39 is 185 Å². The quantitative estimate of drug-likeness (QED) is 0.0231. The third-order valence-electron chi connectivity index (χ3n) is 12.3. The molecule has 2 saturated heterocycles. The van der Waals surface area contributed by atoms with Crippen LogP contribution in [0.3, 0.4) is 0 Å². The van der Waals surface area contributed by atoms with Crippen molar-refractivity contribution in [2.45, 2.75) is 184 Å². The lowest BCUT2D eigenvalue weighted by Crippen LogP contribution is -2.70. The number of hydrogen-bond acceptors (Lipinski definition) is 23. The van der Waals surface area contributed by atoms with Crippen molar-refractivity contribution in [3.8, 4) is 0 Å². The first kappa shape index (κ1) is 68.6. The van der Waals surface area contributed by atoms with Gasteiger partial charge in [-0.1, -0.05) is 5.21 Å². The minimum atomic E-state index is -5.81. The Kier molecular flexibility index (Phi) is 27.0. The lowest BCUT2D eigenvalue weighted by molar-refractivity contribution is -0.330. The number of nitrogens with zero attached hydrogens (tertiary/aromatic N) is 3. The molecule has 0 saturated carbocycles. The number of unbranched alkanes of at least 4 members (excludes halogenated alkanes) is 1. The van der Waals surface area contributed by atoms with Gasteiger partial charge in [0.1, 0.15) is 79.0 Å². The van der Waals surface area contributed by atoms with Gasteiger partial charge in [0.15, 0.2) is 12.6 Å². The van der Waals surface area contributed by atoms with Gasteiger partial charge in [-0.15, -0.1) is 5.10 Å². The van der Waals surface area contributed by atoms with E-state index in [1.165, 1.54) is 11.6 Å². The molecule has 37 heteroatoms. The van der Waals surface area contributed by atoms with Crippen LogP contribution in [0, 0.1) is 0 Å². The van der Waals surface area contributed by atoms with E-state index in [9.17, 15) is 92.7 Å². The minimum Gasteiger partial charge on any atom is -0.480 e. The van der Waals surface area contributed by atoms with Crippen LogP contribution in [0.25, 0.3) is 0 Å². The number of carbonyl (C=O) groups is 9. The molecule has 0 bridgehead atoms. The van der Waals surface area contributed by atoms with Gasteiger partial charge in [0.05, 0.1) is 18.9 Å². The first-order chi connectivity index (χ1) is 37.4. The number of hydrogen-bond donors (Lipinski definition) is 15. The van der Waals surface area contributed by atoms with Crippen molar-refractivity contribution in [1.82, 2.24) is 46.9 Å². The van der Waals surface area contributed by atoms with Gasteiger partial charge in [-0.2, -0.15) is 0 Å². The number of aryl methyl sites for hydroxylation is 2. The standard InChI is InChI=1S/C43H72N10O25P2/c1-19(38(63)50-25(37(44)62)13-14-30(59)49-27(41(67)68)11-7-8-15-53-16-24(51-52-53)10-9-12-26(40(65)66)46-21(3)56)45-39(64)20(2)74-36-32(48-23(5)58)43(78-80(71,72)79(69,70)73-6)76-29(18-55)35(36)77-42-31(47-22(4)57)34(61)33(60)28(17-54)75-42/h16,19-20,25-29,31-36,42-43,54-55,60-61H,7-15,17-18H2,1-6H3,(H2,44,62)(H,45,64)(H,46,56)(H,47,57)(H,48,58)(H,49,59)(H,50,63)(H,65,66)(H,67,68)(H,69,70)(H,71,72)/t19-,20+,25+,26?,27+,28+,29+,31+,32+,33+,34+,35?,36+,42-,43+/m0/s1. The summed E-state index contributed by atoms with van der Waals surface area (Å²) < 4.78 is 59.9. The Balaban J connectivity index is 1.71. The summed E-state index contributed by atoms with van der Waals surface area (Å²) in [4.78, 5) is 133. The van der Waals surface area contributed by atoms with Crippen LogP contribution in [0.2, 0.25) is 0 Å². The monoisotopic (exact) mass is 1190 g/mol. The second kappa shape index (κ2) is 31.5. The van der Waals surface area contributed by atoms with Crippen molar-refractivity contribution in [3.05, 3.63) is 11.9 Å². The van der Waals surface area contributed by atoms with E-state index >= 15 is 0 Å². The first-order valence-corrected chi connectivity index (χ1v) is 28.7. The fourth-order valence-corrected chi connectivity index (χ4v) is 10.2. The topological polar surface area (TPSA) is 534 Å². The van der Waals surface area contributed by atoms with Crippen LogP contribution in [0.1, 0.15) is 85.3 Å². The molecule has 7 amide bonds. The van der Waals surface area contributed by atoms with Crippen molar-refractivity contribution in [3.63, 3.8) is 0 Å². The molecule has 35 nitrogen and oxygen atoms in total. The predicted octanol–water partition coefficient (Wildman–Crippen LogP) is -5.54. The molecule has 80 heavy (non-hydrogen) atoms. The molecule has 2 aliphatic heterocycles. The number of aliphatic hydroxyl groups is 4. The summed E-state index contributed by atoms with van der Waals surface area (Å²) in [5.41, 5.74) is 6.07. The summed E-state index contributed by atoms with van der Waals surface area (Å²) in [6.07, 6.45) is -14.7. The molecule has 2 fully saturated rings. The first-order valence-electron chi connectivity index (χ1n) is 24.8. The lowest BCUT2D eigenvalue weighted by atomic mass is 9.94. The summed E-state index contributed by atoms with van der Waals surface area (Å²) in [6, 6.07) is -9.14. The predicted molar refractivity (Wildman–Crippen MR) is 265 cm³/mol. The summed E-state index contributed by atoms with van der Waals surface area (Å²) in [6.45, 7) is 3.64. The zero-order valence-corrected chi connectivity index (χ0v) is 46.1.